The van der Waals surface area contributed by atoms with E-state index in [0.29, 0.717) is 0 Å². The van der Waals surface area contributed by atoms with Crippen molar-refractivity contribution in [3.8, 4) is 27.9 Å². The Balaban J connectivity index is 1.12. The lowest BCUT2D eigenvalue weighted by Crippen LogP contribution is -2.10. The van der Waals surface area contributed by atoms with Crippen molar-refractivity contribution >= 4 is 56.1 Å². The van der Waals surface area contributed by atoms with Gasteiger partial charge in [-0.05, 0) is 131 Å². The minimum atomic E-state index is 1.01. The highest BCUT2D eigenvalue weighted by Gasteiger charge is 2.20. The van der Waals surface area contributed by atoms with Crippen molar-refractivity contribution in [2.24, 2.45) is 0 Å². The third kappa shape index (κ3) is 6.79. The Labute approximate surface area is 347 Å². The Kier molecular flexibility index (Phi) is 9.44. The zero-order chi connectivity index (χ0) is 39.7. The SMILES string of the molecule is C=Cc1ccccc1C1=C(C)CCC(c2ccc3c(c2)c2ccc(N(c4ccc(-c5ccccc5)cc4)c4ccc(-c5ccccc5)cc4)cc2n3-c2ccccc2)=C1. The van der Waals surface area contributed by atoms with Gasteiger partial charge in [0.25, 0.3) is 0 Å². The van der Waals surface area contributed by atoms with E-state index in [2.05, 4.69) is 229 Å². The van der Waals surface area contributed by atoms with Crippen LogP contribution in [0.1, 0.15) is 36.5 Å². The van der Waals surface area contributed by atoms with Crippen molar-refractivity contribution in [1.82, 2.24) is 4.57 Å². The van der Waals surface area contributed by atoms with Crippen molar-refractivity contribution in [3.63, 3.8) is 0 Å². The van der Waals surface area contributed by atoms with E-state index in [1.165, 1.54) is 77.5 Å². The number of hydrogen-bond acceptors (Lipinski definition) is 1. The summed E-state index contributed by atoms with van der Waals surface area (Å²) in [7, 11) is 0. The van der Waals surface area contributed by atoms with Crippen LogP contribution in [0.15, 0.2) is 218 Å². The molecule has 10 rings (SSSR count). The van der Waals surface area contributed by atoms with Crippen molar-refractivity contribution in [2.45, 2.75) is 19.8 Å². The lowest BCUT2D eigenvalue weighted by molar-refractivity contribution is 0.982. The first kappa shape index (κ1) is 36.0. The van der Waals surface area contributed by atoms with Gasteiger partial charge >= 0.3 is 0 Å². The average molecular weight is 757 g/mol. The van der Waals surface area contributed by atoms with E-state index in [0.717, 1.165) is 35.6 Å². The number of para-hydroxylation sites is 1. The van der Waals surface area contributed by atoms with E-state index >= 15 is 0 Å². The van der Waals surface area contributed by atoms with Gasteiger partial charge in [0, 0.05) is 33.5 Å². The van der Waals surface area contributed by atoms with Crippen molar-refractivity contribution < 1.29 is 0 Å². The highest BCUT2D eigenvalue weighted by molar-refractivity contribution is 6.11. The molecule has 8 aromatic carbocycles. The molecule has 0 fully saturated rings. The van der Waals surface area contributed by atoms with Crippen LogP contribution in [0.5, 0.6) is 0 Å². The first-order valence-corrected chi connectivity index (χ1v) is 20.5. The molecule has 0 spiro atoms. The zero-order valence-electron chi connectivity index (χ0n) is 33.2. The second kappa shape index (κ2) is 15.5. The van der Waals surface area contributed by atoms with Gasteiger partial charge in [0.05, 0.1) is 11.0 Å². The summed E-state index contributed by atoms with van der Waals surface area (Å²) in [6.07, 6.45) is 6.44. The van der Waals surface area contributed by atoms with Gasteiger partial charge in [-0.1, -0.05) is 164 Å². The Morgan fingerprint density at radius 2 is 1.02 bits per heavy atom. The molecule has 9 aromatic rings. The predicted molar refractivity (Wildman–Crippen MR) is 253 cm³/mol. The summed E-state index contributed by atoms with van der Waals surface area (Å²) in [4.78, 5) is 2.38. The highest BCUT2D eigenvalue weighted by atomic mass is 15.1. The van der Waals surface area contributed by atoms with Crippen LogP contribution in [-0.2, 0) is 0 Å². The molecule has 0 N–H and O–H groups in total. The fourth-order valence-corrected chi connectivity index (χ4v) is 8.80. The molecule has 1 heterocycles. The fourth-order valence-electron chi connectivity index (χ4n) is 8.80. The Morgan fingerprint density at radius 1 is 0.475 bits per heavy atom. The largest absolute Gasteiger partial charge is 0.310 e. The molecule has 0 amide bonds. The second-order valence-electron chi connectivity index (χ2n) is 15.4. The second-order valence-corrected chi connectivity index (χ2v) is 15.4. The molecule has 2 nitrogen and oxygen atoms in total. The molecule has 1 aromatic heterocycles. The maximum Gasteiger partial charge on any atom is 0.0561 e. The lowest BCUT2D eigenvalue weighted by Gasteiger charge is -2.26. The van der Waals surface area contributed by atoms with Gasteiger partial charge in [-0.25, -0.2) is 0 Å². The molecule has 0 saturated heterocycles. The predicted octanol–water partition coefficient (Wildman–Crippen LogP) is 15.9. The minimum Gasteiger partial charge on any atom is -0.310 e. The molecular weight excluding hydrogens is 713 g/mol. The van der Waals surface area contributed by atoms with Gasteiger partial charge in [0.2, 0.25) is 0 Å². The Bertz CT molecular complexity index is 2940. The number of aromatic nitrogens is 1. The first-order chi connectivity index (χ1) is 29.1. The van der Waals surface area contributed by atoms with E-state index in [-0.39, 0.29) is 0 Å². The van der Waals surface area contributed by atoms with Crippen LogP contribution in [0.2, 0.25) is 0 Å². The summed E-state index contributed by atoms with van der Waals surface area (Å²) in [6, 6.07) is 72.5. The normalized spacial score (nSPS) is 12.8. The molecule has 0 unspecified atom stereocenters. The monoisotopic (exact) mass is 756 g/mol. The Morgan fingerprint density at radius 3 is 1.64 bits per heavy atom. The summed E-state index contributed by atoms with van der Waals surface area (Å²) in [6.45, 7) is 6.38. The molecule has 0 saturated carbocycles. The van der Waals surface area contributed by atoms with Gasteiger partial charge < -0.3 is 9.47 Å². The van der Waals surface area contributed by atoms with Crippen LogP contribution in [0.25, 0.3) is 67.0 Å². The van der Waals surface area contributed by atoms with Crippen LogP contribution in [-0.4, -0.2) is 4.57 Å². The Hall–Kier alpha value is -7.42. The fraction of sp³-hybridized carbons (Fsp3) is 0.0526. The van der Waals surface area contributed by atoms with Crippen LogP contribution in [0, 0.1) is 0 Å². The molecule has 282 valence electrons. The third-order valence-corrected chi connectivity index (χ3v) is 11.9. The molecule has 1 aliphatic rings. The molecule has 0 aliphatic heterocycles. The van der Waals surface area contributed by atoms with E-state index in [9.17, 15) is 0 Å². The topological polar surface area (TPSA) is 8.17 Å². The maximum atomic E-state index is 4.11. The molecule has 2 heteroatoms. The smallest absolute Gasteiger partial charge is 0.0561 e. The highest BCUT2D eigenvalue weighted by Crippen LogP contribution is 2.43. The number of fused-ring (bicyclic) bond motifs is 3. The van der Waals surface area contributed by atoms with Gasteiger partial charge in [-0.2, -0.15) is 0 Å². The molecule has 0 atom stereocenters. The number of anilines is 3. The lowest BCUT2D eigenvalue weighted by atomic mass is 9.85. The minimum absolute atomic E-state index is 1.01. The zero-order valence-corrected chi connectivity index (χ0v) is 33.2. The molecule has 0 radical (unpaired) electrons. The summed E-state index contributed by atoms with van der Waals surface area (Å²) in [5.74, 6) is 0. The summed E-state index contributed by atoms with van der Waals surface area (Å²) in [5, 5.41) is 2.48. The quantitative estimate of drug-likeness (QED) is 0.142. The van der Waals surface area contributed by atoms with Crippen molar-refractivity contribution in [1.29, 1.82) is 0 Å². The maximum absolute atomic E-state index is 4.11. The summed E-state index contributed by atoms with van der Waals surface area (Å²) >= 11 is 0. The number of hydrogen-bond donors (Lipinski definition) is 0. The number of rotatable bonds is 9. The number of allylic oxidation sites excluding steroid dienone is 4. The van der Waals surface area contributed by atoms with Gasteiger partial charge in [0.1, 0.15) is 0 Å². The third-order valence-electron chi connectivity index (χ3n) is 11.9. The van der Waals surface area contributed by atoms with Gasteiger partial charge in [-0.15, -0.1) is 0 Å². The van der Waals surface area contributed by atoms with Crippen LogP contribution in [0.4, 0.5) is 17.1 Å². The average Bonchev–Trinajstić information content (AvgIpc) is 3.63. The molecule has 59 heavy (non-hydrogen) atoms. The van der Waals surface area contributed by atoms with Crippen molar-refractivity contribution in [2.75, 3.05) is 4.90 Å². The van der Waals surface area contributed by atoms with Gasteiger partial charge in [-0.3, -0.25) is 0 Å². The van der Waals surface area contributed by atoms with E-state index in [4.69, 9.17) is 0 Å². The number of nitrogens with zero attached hydrogens (tertiary/aromatic N) is 2. The number of benzene rings is 8. The van der Waals surface area contributed by atoms with Crippen LogP contribution < -0.4 is 4.90 Å². The van der Waals surface area contributed by atoms with Crippen molar-refractivity contribution in [3.05, 3.63) is 235 Å². The van der Waals surface area contributed by atoms with Gasteiger partial charge in [0.15, 0.2) is 0 Å². The van der Waals surface area contributed by atoms with Crippen LogP contribution in [0.3, 0.4) is 0 Å². The molecule has 0 bridgehead atoms. The van der Waals surface area contributed by atoms with E-state index < -0.39 is 0 Å². The first-order valence-electron chi connectivity index (χ1n) is 20.5. The van der Waals surface area contributed by atoms with E-state index in [1.54, 1.807) is 0 Å². The molecular formula is C57H44N2. The summed E-state index contributed by atoms with van der Waals surface area (Å²) < 4.78 is 2.43. The standard InChI is InChI=1S/C57H44N2/c1-3-41-15-13-14-22-52(41)54-37-46(24-23-40(54)2)47-29-36-56-55(38-47)53-35-34-51(39-57(53)59(56)48-20-11-6-12-21-48)58(49-30-25-44(26-31-49)42-16-7-4-8-17-42)50-32-27-45(28-33-50)43-18-9-5-10-19-43/h3-22,25-39H,1,23-24H2,2H3. The van der Waals surface area contributed by atoms with E-state index in [1.807, 2.05) is 6.08 Å². The molecule has 1 aliphatic carbocycles. The summed E-state index contributed by atoms with van der Waals surface area (Å²) in [5.41, 5.74) is 19.4. The van der Waals surface area contributed by atoms with Crippen LogP contribution >= 0.6 is 0 Å².